The molecule has 0 spiro atoms. The molecule has 3 aliphatic rings. The van der Waals surface area contributed by atoms with Gasteiger partial charge in [-0.1, -0.05) is 13.8 Å². The quantitative estimate of drug-likeness (QED) is 0.344. The number of fused-ring (bicyclic) bond motifs is 1. The van der Waals surface area contributed by atoms with Crippen molar-refractivity contribution in [3.63, 3.8) is 0 Å². The topological polar surface area (TPSA) is 120 Å². The van der Waals surface area contributed by atoms with Gasteiger partial charge in [0, 0.05) is 13.2 Å². The summed E-state index contributed by atoms with van der Waals surface area (Å²) in [6.07, 6.45) is -1.40. The van der Waals surface area contributed by atoms with Crippen LogP contribution in [0, 0.1) is 17.8 Å². The zero-order chi connectivity index (χ0) is 22.9. The van der Waals surface area contributed by atoms with Crippen molar-refractivity contribution >= 4 is 29.3 Å². The van der Waals surface area contributed by atoms with Crippen molar-refractivity contribution in [2.75, 3.05) is 19.4 Å². The minimum Gasteiger partial charge on any atom is -0.388 e. The van der Waals surface area contributed by atoms with E-state index >= 15 is 0 Å². The minimum absolute atomic E-state index is 0.210. The molecule has 11 atom stereocenters. The van der Waals surface area contributed by atoms with E-state index in [1.165, 1.54) is 11.8 Å². The molecule has 0 aromatic rings. The minimum atomic E-state index is -1.39. The van der Waals surface area contributed by atoms with Crippen molar-refractivity contribution in [2.45, 2.75) is 87.0 Å². The first-order valence-corrected chi connectivity index (χ1v) is 12.9. The summed E-state index contributed by atoms with van der Waals surface area (Å²) in [4.78, 5) is 13.2. The van der Waals surface area contributed by atoms with Gasteiger partial charge in [0.1, 0.15) is 35.9 Å². The smallest absolute Gasteiger partial charge is 0.240 e. The molecule has 8 nitrogen and oxygen atoms in total. The number of carbonyl (C=O) groups excluding carboxylic acids is 1. The molecular formula is C21H37ClN2O6S. The van der Waals surface area contributed by atoms with E-state index in [2.05, 4.69) is 24.5 Å². The molecule has 0 aliphatic carbocycles. The molecule has 2 unspecified atom stereocenters. The lowest BCUT2D eigenvalue weighted by Gasteiger charge is -2.44. The third-order valence-electron chi connectivity index (χ3n) is 7.02. The number of halogens is 1. The molecule has 3 rings (SSSR count). The SMILES string of the molecule is CSC1O[C@H]([C@H](NC(=O)[C@H]2NC[C@@H]3C[C@@H](C(C)C)CCO[C@H]32)[C@H](C)Cl)C(O)[C@@H](O)[C@H]1O. The fraction of sp³-hybridized carbons (Fsp3) is 0.952. The van der Waals surface area contributed by atoms with E-state index in [9.17, 15) is 20.1 Å². The summed E-state index contributed by atoms with van der Waals surface area (Å²) in [5.74, 6) is 1.17. The normalized spacial score (nSPS) is 43.2. The zero-order valence-corrected chi connectivity index (χ0v) is 20.2. The molecule has 3 heterocycles. The molecule has 180 valence electrons. The highest BCUT2D eigenvalue weighted by Crippen LogP contribution is 2.34. The van der Waals surface area contributed by atoms with Crippen LogP contribution in [0.2, 0.25) is 0 Å². The molecule has 10 heteroatoms. The maximum Gasteiger partial charge on any atom is 0.240 e. The van der Waals surface area contributed by atoms with Crippen molar-refractivity contribution in [2.24, 2.45) is 17.8 Å². The maximum atomic E-state index is 13.2. The largest absolute Gasteiger partial charge is 0.388 e. The van der Waals surface area contributed by atoms with Crippen molar-refractivity contribution in [3.8, 4) is 0 Å². The lowest BCUT2D eigenvalue weighted by atomic mass is 9.83. The molecule has 1 amide bonds. The Morgan fingerprint density at radius 1 is 1.19 bits per heavy atom. The molecule has 31 heavy (non-hydrogen) atoms. The average Bonchev–Trinajstić information content (AvgIpc) is 3.00. The summed E-state index contributed by atoms with van der Waals surface area (Å²) >= 11 is 7.60. The van der Waals surface area contributed by atoms with Crippen LogP contribution in [0.25, 0.3) is 0 Å². The molecule has 0 saturated carbocycles. The Labute approximate surface area is 193 Å². The molecule has 5 N–H and O–H groups in total. The number of carbonyl (C=O) groups is 1. The Morgan fingerprint density at radius 2 is 1.90 bits per heavy atom. The van der Waals surface area contributed by atoms with Gasteiger partial charge in [-0.05, 0) is 43.8 Å². The Morgan fingerprint density at radius 3 is 2.52 bits per heavy atom. The van der Waals surface area contributed by atoms with Crippen molar-refractivity contribution < 1.29 is 29.6 Å². The Hall–Kier alpha value is -0.130. The first-order chi connectivity index (χ1) is 14.6. The van der Waals surface area contributed by atoms with E-state index in [1.807, 2.05) is 0 Å². The third-order valence-corrected chi connectivity index (χ3v) is 8.15. The zero-order valence-electron chi connectivity index (χ0n) is 18.6. The maximum absolute atomic E-state index is 13.2. The van der Waals surface area contributed by atoms with Crippen LogP contribution in [-0.4, -0.2) is 94.1 Å². The number of ether oxygens (including phenoxy) is 2. The molecule has 0 bridgehead atoms. The van der Waals surface area contributed by atoms with Crippen LogP contribution in [0.15, 0.2) is 0 Å². The first-order valence-electron chi connectivity index (χ1n) is 11.2. The Kier molecular flexibility index (Phi) is 8.93. The van der Waals surface area contributed by atoms with Gasteiger partial charge in [0.05, 0.1) is 17.5 Å². The van der Waals surface area contributed by atoms with Crippen LogP contribution in [0.4, 0.5) is 0 Å². The van der Waals surface area contributed by atoms with Gasteiger partial charge in [0.2, 0.25) is 5.91 Å². The van der Waals surface area contributed by atoms with Crippen molar-refractivity contribution in [1.29, 1.82) is 0 Å². The summed E-state index contributed by atoms with van der Waals surface area (Å²) < 4.78 is 11.9. The number of thioether (sulfide) groups is 1. The number of amides is 1. The molecule has 0 aromatic carbocycles. The van der Waals surface area contributed by atoms with Crippen LogP contribution >= 0.6 is 23.4 Å². The van der Waals surface area contributed by atoms with Gasteiger partial charge < -0.3 is 35.4 Å². The predicted molar refractivity (Wildman–Crippen MR) is 120 cm³/mol. The van der Waals surface area contributed by atoms with Gasteiger partial charge in [-0.15, -0.1) is 23.4 Å². The number of rotatable bonds is 6. The number of alkyl halides is 1. The van der Waals surface area contributed by atoms with Crippen LogP contribution in [-0.2, 0) is 14.3 Å². The van der Waals surface area contributed by atoms with Crippen LogP contribution in [0.3, 0.4) is 0 Å². The monoisotopic (exact) mass is 480 g/mol. The average molecular weight is 481 g/mol. The lowest BCUT2D eigenvalue weighted by Crippen LogP contribution is -2.65. The molecule has 3 aliphatic heterocycles. The third kappa shape index (κ3) is 5.51. The van der Waals surface area contributed by atoms with E-state index in [0.29, 0.717) is 18.4 Å². The van der Waals surface area contributed by atoms with Gasteiger partial charge in [0.25, 0.3) is 0 Å². The van der Waals surface area contributed by atoms with E-state index in [0.717, 1.165) is 19.4 Å². The Balaban J connectivity index is 1.70. The Bertz CT molecular complexity index is 612. The van der Waals surface area contributed by atoms with Gasteiger partial charge in [-0.25, -0.2) is 0 Å². The van der Waals surface area contributed by atoms with Gasteiger partial charge in [0.15, 0.2) is 0 Å². The van der Waals surface area contributed by atoms with Gasteiger partial charge in [-0.3, -0.25) is 4.79 Å². The highest BCUT2D eigenvalue weighted by Gasteiger charge is 2.49. The highest BCUT2D eigenvalue weighted by atomic mass is 35.5. The standard InChI is InChI=1S/C21H37ClN2O6S/c1-9(2)11-5-6-29-18-12(7-11)8-23-14(18)20(28)24-13(10(3)22)19-16(26)15(25)17(27)21(30-19)31-4/h9-19,21,23,25-27H,5-8H2,1-4H3,(H,24,28)/t10-,11-,12-,13+,14-,15+,16?,17+,18+,19+,21?/m0/s1. The van der Waals surface area contributed by atoms with Crippen LogP contribution < -0.4 is 10.6 Å². The summed E-state index contributed by atoms with van der Waals surface area (Å²) in [5, 5.41) is 36.6. The number of hydrogen-bond acceptors (Lipinski definition) is 8. The number of hydrogen-bond donors (Lipinski definition) is 5. The molecule has 3 fully saturated rings. The lowest BCUT2D eigenvalue weighted by molar-refractivity contribution is -0.205. The second kappa shape index (κ2) is 10.9. The summed E-state index contributed by atoms with van der Waals surface area (Å²) in [6, 6.07) is -1.27. The second-order valence-corrected chi connectivity index (χ2v) is 11.0. The number of aliphatic hydroxyl groups is 3. The summed E-state index contributed by atoms with van der Waals surface area (Å²) in [7, 11) is 0. The van der Waals surface area contributed by atoms with Gasteiger partial charge in [-0.2, -0.15) is 0 Å². The van der Waals surface area contributed by atoms with E-state index in [4.69, 9.17) is 21.1 Å². The molecule has 3 saturated heterocycles. The predicted octanol–water partition coefficient (Wildman–Crippen LogP) is 0.308. The highest BCUT2D eigenvalue weighted by molar-refractivity contribution is 7.99. The molecular weight excluding hydrogens is 444 g/mol. The number of aliphatic hydroxyl groups excluding tert-OH is 3. The number of nitrogens with one attached hydrogen (secondary N) is 2. The van der Waals surface area contributed by atoms with Crippen LogP contribution in [0.5, 0.6) is 0 Å². The summed E-state index contributed by atoms with van der Waals surface area (Å²) in [6.45, 7) is 7.51. The van der Waals surface area contributed by atoms with E-state index < -0.39 is 47.3 Å². The second-order valence-electron chi connectivity index (χ2n) is 9.40. The van der Waals surface area contributed by atoms with Crippen LogP contribution in [0.1, 0.15) is 33.6 Å². The fourth-order valence-electron chi connectivity index (χ4n) is 5.02. The van der Waals surface area contributed by atoms with E-state index in [1.54, 1.807) is 13.2 Å². The molecule has 0 radical (unpaired) electrons. The summed E-state index contributed by atoms with van der Waals surface area (Å²) in [5.41, 5.74) is -0.731. The van der Waals surface area contributed by atoms with E-state index in [-0.39, 0.29) is 17.9 Å². The van der Waals surface area contributed by atoms with Crippen molar-refractivity contribution in [1.82, 2.24) is 10.6 Å². The molecule has 0 aromatic heterocycles. The van der Waals surface area contributed by atoms with Gasteiger partial charge >= 0.3 is 0 Å². The first kappa shape index (κ1) is 25.5. The fourth-order valence-corrected chi connectivity index (χ4v) is 5.91. The van der Waals surface area contributed by atoms with Crippen molar-refractivity contribution in [3.05, 3.63) is 0 Å².